The molecule has 0 saturated heterocycles. The van der Waals surface area contributed by atoms with Crippen LogP contribution < -0.4 is 0 Å². The van der Waals surface area contributed by atoms with Gasteiger partial charge < -0.3 is 4.74 Å². The Morgan fingerprint density at radius 2 is 2.18 bits per heavy atom. The van der Waals surface area contributed by atoms with Gasteiger partial charge in [-0.05, 0) is 44.1 Å². The number of carbonyl (C=O) groups excluding carboxylic acids is 1. The van der Waals surface area contributed by atoms with E-state index in [1.807, 2.05) is 17.9 Å². The van der Waals surface area contributed by atoms with Gasteiger partial charge in [0.15, 0.2) is 0 Å². The molecule has 4 nitrogen and oxygen atoms in total. The van der Waals surface area contributed by atoms with Crippen molar-refractivity contribution in [3.8, 4) is 0 Å². The summed E-state index contributed by atoms with van der Waals surface area (Å²) in [6.07, 6.45) is 7.08. The number of methoxy groups -OCH3 is 1. The van der Waals surface area contributed by atoms with Crippen LogP contribution in [0.1, 0.15) is 31.4 Å². The van der Waals surface area contributed by atoms with E-state index in [4.69, 9.17) is 4.74 Å². The summed E-state index contributed by atoms with van der Waals surface area (Å²) in [4.78, 5) is 11.4. The Morgan fingerprint density at radius 3 is 2.71 bits per heavy atom. The van der Waals surface area contributed by atoms with E-state index in [-0.39, 0.29) is 11.9 Å². The second-order valence-corrected chi connectivity index (χ2v) is 4.89. The van der Waals surface area contributed by atoms with Gasteiger partial charge in [-0.15, -0.1) is 0 Å². The maximum absolute atomic E-state index is 11.4. The van der Waals surface area contributed by atoms with Crippen LogP contribution in [0, 0.1) is 11.8 Å². The van der Waals surface area contributed by atoms with Crippen LogP contribution in [0.4, 0.5) is 0 Å². The number of nitrogens with zero attached hydrogens (tertiary/aromatic N) is 2. The second-order valence-electron chi connectivity index (χ2n) is 4.89. The van der Waals surface area contributed by atoms with Crippen LogP contribution in [0.15, 0.2) is 12.3 Å². The molecule has 1 aliphatic rings. The minimum Gasteiger partial charge on any atom is -0.469 e. The Morgan fingerprint density at radius 1 is 1.47 bits per heavy atom. The normalized spacial score (nSPS) is 24.6. The Hall–Kier alpha value is -1.32. The van der Waals surface area contributed by atoms with Crippen LogP contribution in [0.2, 0.25) is 0 Å². The van der Waals surface area contributed by atoms with Gasteiger partial charge in [0.2, 0.25) is 0 Å². The van der Waals surface area contributed by atoms with Crippen molar-refractivity contribution in [2.75, 3.05) is 7.11 Å². The summed E-state index contributed by atoms with van der Waals surface area (Å²) in [5.41, 5.74) is 1.28. The smallest absolute Gasteiger partial charge is 0.308 e. The van der Waals surface area contributed by atoms with Crippen LogP contribution in [-0.4, -0.2) is 22.9 Å². The van der Waals surface area contributed by atoms with Gasteiger partial charge in [-0.2, -0.15) is 5.10 Å². The van der Waals surface area contributed by atoms with Crippen molar-refractivity contribution in [3.05, 3.63) is 18.0 Å². The van der Waals surface area contributed by atoms with Crippen molar-refractivity contribution in [1.29, 1.82) is 0 Å². The predicted octanol–water partition coefficient (Wildman–Crippen LogP) is 1.94. The highest BCUT2D eigenvalue weighted by molar-refractivity contribution is 5.72. The molecule has 1 aromatic heterocycles. The fourth-order valence-electron chi connectivity index (χ4n) is 2.67. The predicted molar refractivity (Wildman–Crippen MR) is 64.4 cm³/mol. The molecular formula is C13H20N2O2. The molecule has 0 atom stereocenters. The summed E-state index contributed by atoms with van der Waals surface area (Å²) in [5.74, 6) is 0.776. The first-order valence-corrected chi connectivity index (χ1v) is 6.25. The molecule has 1 heterocycles. The topological polar surface area (TPSA) is 44.1 Å². The van der Waals surface area contributed by atoms with Gasteiger partial charge in [0.05, 0.1) is 13.0 Å². The minimum absolute atomic E-state index is 0.0380. The molecule has 4 heteroatoms. The third-order valence-electron chi connectivity index (χ3n) is 3.80. The van der Waals surface area contributed by atoms with Gasteiger partial charge in [-0.3, -0.25) is 9.48 Å². The molecule has 0 aliphatic heterocycles. The Balaban J connectivity index is 1.83. The lowest BCUT2D eigenvalue weighted by atomic mass is 9.80. The number of hydrogen-bond acceptors (Lipinski definition) is 3. The Kier molecular flexibility index (Phi) is 3.82. The average molecular weight is 236 g/mol. The summed E-state index contributed by atoms with van der Waals surface area (Å²) >= 11 is 0. The summed E-state index contributed by atoms with van der Waals surface area (Å²) in [6, 6.07) is 2.08. The average Bonchev–Trinajstić information content (AvgIpc) is 2.75. The van der Waals surface area contributed by atoms with Crippen LogP contribution in [0.5, 0.6) is 0 Å². The maximum Gasteiger partial charge on any atom is 0.308 e. The first-order valence-electron chi connectivity index (χ1n) is 6.25. The van der Waals surface area contributed by atoms with Gasteiger partial charge >= 0.3 is 5.97 Å². The van der Waals surface area contributed by atoms with Crippen LogP contribution in [-0.2, 0) is 23.0 Å². The third-order valence-corrected chi connectivity index (χ3v) is 3.80. The molecule has 0 bridgehead atoms. The standard InChI is InChI=1S/C13H20N2O2/c1-15-12(7-8-14-15)9-10-3-5-11(6-4-10)13(16)17-2/h7-8,10-11H,3-6,9H2,1-2H3/t10-,11-. The lowest BCUT2D eigenvalue weighted by Crippen LogP contribution is -2.24. The molecule has 1 aromatic rings. The van der Waals surface area contributed by atoms with E-state index < -0.39 is 0 Å². The van der Waals surface area contributed by atoms with Crippen LogP contribution in [0.25, 0.3) is 0 Å². The molecule has 94 valence electrons. The van der Waals surface area contributed by atoms with Crippen LogP contribution >= 0.6 is 0 Å². The molecule has 0 N–H and O–H groups in total. The van der Waals surface area contributed by atoms with Gasteiger partial charge in [0.1, 0.15) is 0 Å². The number of rotatable bonds is 3. The van der Waals surface area contributed by atoms with Crippen molar-refractivity contribution in [2.45, 2.75) is 32.1 Å². The minimum atomic E-state index is -0.0380. The van der Waals surface area contributed by atoms with Gasteiger partial charge in [-0.25, -0.2) is 0 Å². The lowest BCUT2D eigenvalue weighted by Gasteiger charge is -2.26. The van der Waals surface area contributed by atoms with E-state index in [9.17, 15) is 4.79 Å². The van der Waals surface area contributed by atoms with Crippen LogP contribution in [0.3, 0.4) is 0 Å². The number of aryl methyl sites for hydroxylation is 1. The Labute approximate surface area is 102 Å². The SMILES string of the molecule is COC(=O)[C@H]1CC[C@H](Cc2ccnn2C)CC1. The molecule has 1 fully saturated rings. The van der Waals surface area contributed by atoms with E-state index in [2.05, 4.69) is 11.2 Å². The van der Waals surface area contributed by atoms with Crippen molar-refractivity contribution in [3.63, 3.8) is 0 Å². The summed E-state index contributed by atoms with van der Waals surface area (Å²) in [6.45, 7) is 0. The molecule has 0 spiro atoms. The Bertz CT molecular complexity index is 379. The van der Waals surface area contributed by atoms with Gasteiger partial charge in [0, 0.05) is 18.9 Å². The van der Waals surface area contributed by atoms with Crippen molar-refractivity contribution in [2.24, 2.45) is 18.9 Å². The number of ether oxygens (including phenoxy) is 1. The fourth-order valence-corrected chi connectivity index (χ4v) is 2.67. The maximum atomic E-state index is 11.4. The molecule has 1 aliphatic carbocycles. The third kappa shape index (κ3) is 2.87. The molecule has 17 heavy (non-hydrogen) atoms. The van der Waals surface area contributed by atoms with Gasteiger partial charge in [-0.1, -0.05) is 0 Å². The number of esters is 1. The van der Waals surface area contributed by atoms with E-state index in [0.717, 1.165) is 32.1 Å². The molecule has 0 aromatic carbocycles. The van der Waals surface area contributed by atoms with E-state index >= 15 is 0 Å². The molecule has 0 radical (unpaired) electrons. The number of hydrogen-bond donors (Lipinski definition) is 0. The zero-order valence-electron chi connectivity index (χ0n) is 10.6. The zero-order valence-corrected chi connectivity index (χ0v) is 10.6. The molecule has 1 saturated carbocycles. The van der Waals surface area contributed by atoms with E-state index in [1.54, 1.807) is 0 Å². The fraction of sp³-hybridized carbons (Fsp3) is 0.692. The highest BCUT2D eigenvalue weighted by Gasteiger charge is 2.27. The van der Waals surface area contributed by atoms with Gasteiger partial charge in [0.25, 0.3) is 0 Å². The molecule has 0 amide bonds. The van der Waals surface area contributed by atoms with Crippen molar-refractivity contribution in [1.82, 2.24) is 9.78 Å². The first kappa shape index (κ1) is 12.1. The lowest BCUT2D eigenvalue weighted by molar-refractivity contribution is -0.146. The number of carbonyl (C=O) groups is 1. The number of aromatic nitrogens is 2. The first-order chi connectivity index (χ1) is 8.20. The molecule has 2 rings (SSSR count). The van der Waals surface area contributed by atoms with E-state index in [1.165, 1.54) is 12.8 Å². The quantitative estimate of drug-likeness (QED) is 0.753. The second kappa shape index (κ2) is 5.34. The van der Waals surface area contributed by atoms with E-state index in [0.29, 0.717) is 5.92 Å². The van der Waals surface area contributed by atoms with Crippen molar-refractivity contribution < 1.29 is 9.53 Å². The largest absolute Gasteiger partial charge is 0.469 e. The summed E-state index contributed by atoms with van der Waals surface area (Å²) < 4.78 is 6.73. The molecule has 0 unspecified atom stereocenters. The van der Waals surface area contributed by atoms with Crippen molar-refractivity contribution >= 4 is 5.97 Å². The summed E-state index contributed by atoms with van der Waals surface area (Å²) in [5, 5.41) is 4.18. The summed E-state index contributed by atoms with van der Waals surface area (Å²) in [7, 11) is 3.46. The zero-order chi connectivity index (χ0) is 12.3. The monoisotopic (exact) mass is 236 g/mol. The highest BCUT2D eigenvalue weighted by Crippen LogP contribution is 2.31. The molecular weight excluding hydrogens is 216 g/mol. The highest BCUT2D eigenvalue weighted by atomic mass is 16.5.